The van der Waals surface area contributed by atoms with Gasteiger partial charge in [-0.15, -0.1) is 35.4 Å². The van der Waals surface area contributed by atoms with E-state index in [-0.39, 0.29) is 20.1 Å². The molecule has 2 aliphatic rings. The summed E-state index contributed by atoms with van der Waals surface area (Å²) in [4.78, 5) is 4.82. The van der Waals surface area contributed by atoms with Gasteiger partial charge in [0.1, 0.15) is 0 Å². The molecule has 49 heavy (non-hydrogen) atoms. The summed E-state index contributed by atoms with van der Waals surface area (Å²) in [5.41, 5.74) is 15.6. The third kappa shape index (κ3) is 3.67. The largest absolute Gasteiger partial charge is 0.309 e. The molecular formula is C46H27IrN2-. The monoisotopic (exact) mass is 800 g/mol. The van der Waals surface area contributed by atoms with Crippen molar-refractivity contribution >= 4 is 32.6 Å². The van der Waals surface area contributed by atoms with Crippen LogP contribution in [-0.4, -0.2) is 9.55 Å². The first-order chi connectivity index (χ1) is 23.8. The maximum atomic E-state index is 4.82. The van der Waals surface area contributed by atoms with E-state index in [1.165, 1.54) is 71.8 Å². The van der Waals surface area contributed by atoms with Crippen LogP contribution in [0, 0.1) is 6.07 Å². The maximum absolute atomic E-state index is 4.82. The molecule has 1 spiro atoms. The number of pyridine rings is 1. The van der Waals surface area contributed by atoms with E-state index in [1.807, 2.05) is 12.3 Å². The van der Waals surface area contributed by atoms with Crippen molar-refractivity contribution in [1.82, 2.24) is 9.55 Å². The summed E-state index contributed by atoms with van der Waals surface area (Å²) < 4.78 is 2.52. The first-order valence-electron chi connectivity index (χ1n) is 16.6. The van der Waals surface area contributed by atoms with Gasteiger partial charge in [0.15, 0.2) is 0 Å². The van der Waals surface area contributed by atoms with E-state index in [9.17, 15) is 0 Å². The number of benzene rings is 7. The molecule has 3 heterocycles. The Labute approximate surface area is 297 Å². The van der Waals surface area contributed by atoms with E-state index >= 15 is 0 Å². The van der Waals surface area contributed by atoms with Gasteiger partial charge in [-0.05, 0) is 73.6 Å². The molecule has 11 rings (SSSR count). The van der Waals surface area contributed by atoms with Crippen LogP contribution in [0.4, 0.5) is 0 Å². The summed E-state index contributed by atoms with van der Waals surface area (Å²) in [5.74, 6) is 0. The smallest absolute Gasteiger partial charge is 0.0754 e. The molecule has 0 saturated heterocycles. The Kier molecular flexibility index (Phi) is 6.06. The first-order valence-corrected chi connectivity index (χ1v) is 16.6. The number of fused-ring (bicyclic) bond motifs is 13. The molecule has 0 saturated carbocycles. The zero-order valence-corrected chi connectivity index (χ0v) is 28.7. The van der Waals surface area contributed by atoms with Crippen molar-refractivity contribution in [2.24, 2.45) is 0 Å². The Morgan fingerprint density at radius 1 is 0.531 bits per heavy atom. The molecule has 231 valence electrons. The summed E-state index contributed by atoms with van der Waals surface area (Å²) >= 11 is 0. The van der Waals surface area contributed by atoms with Crippen LogP contribution in [0.25, 0.3) is 71.8 Å². The number of hydrogen-bond donors (Lipinski definition) is 0. The van der Waals surface area contributed by atoms with Crippen molar-refractivity contribution in [2.45, 2.75) is 5.41 Å². The van der Waals surface area contributed by atoms with Crippen molar-refractivity contribution in [3.8, 4) is 39.2 Å². The Balaban J connectivity index is 0.00000306. The minimum atomic E-state index is -0.437. The fourth-order valence-electron chi connectivity index (χ4n) is 8.86. The van der Waals surface area contributed by atoms with E-state index in [4.69, 9.17) is 4.98 Å². The van der Waals surface area contributed by atoms with Crippen LogP contribution in [0.1, 0.15) is 22.3 Å². The van der Waals surface area contributed by atoms with E-state index in [1.54, 1.807) is 0 Å². The number of hydrogen-bond acceptors (Lipinski definition) is 1. The predicted octanol–water partition coefficient (Wildman–Crippen LogP) is 11.1. The van der Waals surface area contributed by atoms with Crippen molar-refractivity contribution in [1.29, 1.82) is 0 Å². The molecule has 0 unspecified atom stereocenters. The normalized spacial score (nSPS) is 13.3. The molecule has 2 nitrogen and oxygen atoms in total. The second kappa shape index (κ2) is 10.4. The predicted molar refractivity (Wildman–Crippen MR) is 197 cm³/mol. The van der Waals surface area contributed by atoms with Crippen molar-refractivity contribution < 1.29 is 20.1 Å². The third-order valence-electron chi connectivity index (χ3n) is 10.8. The maximum Gasteiger partial charge on any atom is 0.0754 e. The van der Waals surface area contributed by atoms with Gasteiger partial charge in [0.05, 0.1) is 22.1 Å². The molecule has 0 N–H and O–H groups in total. The van der Waals surface area contributed by atoms with Crippen LogP contribution in [0.2, 0.25) is 0 Å². The van der Waals surface area contributed by atoms with E-state index in [2.05, 4.69) is 162 Å². The molecule has 1 aliphatic carbocycles. The third-order valence-corrected chi connectivity index (χ3v) is 10.8. The average Bonchev–Trinajstić information content (AvgIpc) is 3.65. The minimum Gasteiger partial charge on any atom is -0.309 e. The van der Waals surface area contributed by atoms with Crippen LogP contribution in [0.3, 0.4) is 0 Å². The topological polar surface area (TPSA) is 17.8 Å². The molecule has 0 fully saturated rings. The summed E-state index contributed by atoms with van der Waals surface area (Å²) in [6.45, 7) is 0. The second-order valence-electron chi connectivity index (χ2n) is 13.0. The molecule has 0 atom stereocenters. The van der Waals surface area contributed by atoms with Gasteiger partial charge in [-0.3, -0.25) is 0 Å². The molecule has 0 amide bonds. The number of aromatic nitrogens is 2. The second-order valence-corrected chi connectivity index (χ2v) is 13.0. The first kappa shape index (κ1) is 28.4. The SMILES string of the molecule is [Ir].[c-]1ccc(-c2ccc3c(c2)-n2c4ccccc4c4cccc(c42)C32c3ccccc3-c3ccccc32)cc1-c1nccc2ccccc12. The molecule has 0 bridgehead atoms. The number of para-hydroxylation sites is 2. The summed E-state index contributed by atoms with van der Waals surface area (Å²) in [6, 6.07) is 61.4. The fraction of sp³-hybridized carbons (Fsp3) is 0.0217. The van der Waals surface area contributed by atoms with Gasteiger partial charge in [0, 0.05) is 37.1 Å². The van der Waals surface area contributed by atoms with Gasteiger partial charge in [-0.1, -0.05) is 121 Å². The molecular weight excluding hydrogens is 773 g/mol. The van der Waals surface area contributed by atoms with Gasteiger partial charge in [0.25, 0.3) is 0 Å². The van der Waals surface area contributed by atoms with Crippen LogP contribution in [-0.2, 0) is 25.5 Å². The standard InChI is InChI=1S/C46H27N2.Ir/c1-2-14-33-29(11-1)25-26-47-44(33)32-13-9-12-30(27-32)31-23-24-40-43(28-31)48-42-22-8-5-17-36(42)37-18-10-21-41(45(37)48)46(40)38-19-6-3-15-34(38)35-16-4-7-20-39(35)46;/h1-12,14-28H;/q-1;. The number of nitrogens with zero attached hydrogens (tertiary/aromatic N) is 2. The minimum absolute atomic E-state index is 0. The van der Waals surface area contributed by atoms with Crippen molar-refractivity contribution in [2.75, 3.05) is 0 Å². The van der Waals surface area contributed by atoms with Gasteiger partial charge in [0.2, 0.25) is 0 Å². The quantitative estimate of drug-likeness (QED) is 0.159. The Morgan fingerprint density at radius 3 is 2.04 bits per heavy atom. The molecule has 9 aromatic rings. The van der Waals surface area contributed by atoms with Crippen molar-refractivity contribution in [3.05, 3.63) is 192 Å². The van der Waals surface area contributed by atoms with Gasteiger partial charge in [-0.25, -0.2) is 0 Å². The van der Waals surface area contributed by atoms with E-state index < -0.39 is 5.41 Å². The number of rotatable bonds is 2. The van der Waals surface area contributed by atoms with E-state index in [0.29, 0.717) is 0 Å². The van der Waals surface area contributed by atoms with Crippen LogP contribution < -0.4 is 0 Å². The Morgan fingerprint density at radius 2 is 1.20 bits per heavy atom. The average molecular weight is 800 g/mol. The van der Waals surface area contributed by atoms with E-state index in [0.717, 1.165) is 22.2 Å². The Bertz CT molecular complexity index is 2760. The molecule has 3 heteroatoms. The summed E-state index contributed by atoms with van der Waals surface area (Å²) in [7, 11) is 0. The van der Waals surface area contributed by atoms with Crippen molar-refractivity contribution in [3.63, 3.8) is 0 Å². The fourth-order valence-corrected chi connectivity index (χ4v) is 8.86. The van der Waals surface area contributed by atoms with Crippen LogP contribution in [0.5, 0.6) is 0 Å². The molecule has 7 aromatic carbocycles. The summed E-state index contributed by atoms with van der Waals surface area (Å²) in [6.07, 6.45) is 1.90. The molecule has 2 aromatic heterocycles. The Hall–Kier alpha value is -5.60. The van der Waals surface area contributed by atoms with Gasteiger partial charge in [-0.2, -0.15) is 0 Å². The van der Waals surface area contributed by atoms with Gasteiger partial charge < -0.3 is 9.55 Å². The summed E-state index contributed by atoms with van der Waals surface area (Å²) in [5, 5.41) is 4.89. The molecule has 1 radical (unpaired) electrons. The van der Waals surface area contributed by atoms with Crippen LogP contribution in [0.15, 0.2) is 164 Å². The van der Waals surface area contributed by atoms with Crippen LogP contribution >= 0.6 is 0 Å². The molecule has 1 aliphatic heterocycles. The zero-order valence-electron chi connectivity index (χ0n) is 26.3. The zero-order chi connectivity index (χ0) is 31.4. The van der Waals surface area contributed by atoms with Gasteiger partial charge >= 0.3 is 0 Å².